The first-order valence-corrected chi connectivity index (χ1v) is 7.69. The van der Waals surface area contributed by atoms with Gasteiger partial charge in [0.05, 0.1) is 18.7 Å². The molecule has 1 aliphatic rings. The Hall–Kier alpha value is -1.63. The van der Waals surface area contributed by atoms with Gasteiger partial charge in [-0.3, -0.25) is 9.69 Å². The van der Waals surface area contributed by atoms with Crippen LogP contribution in [0.5, 0.6) is 0 Å². The first-order valence-electron chi connectivity index (χ1n) is 7.69. The number of carbonyl (C=O) groups is 2. The van der Waals surface area contributed by atoms with Gasteiger partial charge in [0.2, 0.25) is 5.91 Å². The molecule has 0 spiro atoms. The lowest BCUT2D eigenvalue weighted by Gasteiger charge is -2.18. The minimum Gasteiger partial charge on any atom is -0.462 e. The number of benzene rings is 1. The standard InChI is InChI=1S/C16H23N3O3.ClH/c1-2-22-16(21)13-4-6-14(7-5-13)18-15(20)12-19-10-3-8-17-9-11-19;/h4-7,17H,2-3,8-12H2,1H3,(H,18,20);1H. The summed E-state index contributed by atoms with van der Waals surface area (Å²) in [6, 6.07) is 6.75. The molecule has 0 aliphatic carbocycles. The molecule has 7 heteroatoms. The summed E-state index contributed by atoms with van der Waals surface area (Å²) in [6.45, 7) is 6.25. The molecular weight excluding hydrogens is 318 g/mol. The molecule has 1 fully saturated rings. The molecule has 2 N–H and O–H groups in total. The largest absolute Gasteiger partial charge is 0.462 e. The van der Waals surface area contributed by atoms with Gasteiger partial charge in [0.1, 0.15) is 0 Å². The van der Waals surface area contributed by atoms with Crippen molar-refractivity contribution >= 4 is 30.0 Å². The maximum Gasteiger partial charge on any atom is 0.338 e. The first-order chi connectivity index (χ1) is 10.7. The number of anilines is 1. The number of halogens is 1. The van der Waals surface area contributed by atoms with E-state index < -0.39 is 0 Å². The minimum atomic E-state index is -0.350. The molecule has 6 nitrogen and oxygen atoms in total. The summed E-state index contributed by atoms with van der Waals surface area (Å²) in [4.78, 5) is 25.7. The predicted octanol–water partition coefficient (Wildman–Crippen LogP) is 1.52. The van der Waals surface area contributed by atoms with E-state index in [0.29, 0.717) is 24.4 Å². The summed E-state index contributed by atoms with van der Waals surface area (Å²) in [5.41, 5.74) is 1.17. The highest BCUT2D eigenvalue weighted by Crippen LogP contribution is 2.11. The SMILES string of the molecule is CCOC(=O)c1ccc(NC(=O)CN2CCCNCC2)cc1.Cl. The molecule has 0 aromatic heterocycles. The average molecular weight is 342 g/mol. The van der Waals surface area contributed by atoms with E-state index in [2.05, 4.69) is 15.5 Å². The monoisotopic (exact) mass is 341 g/mol. The number of amides is 1. The fourth-order valence-electron chi connectivity index (χ4n) is 2.37. The molecule has 2 rings (SSSR count). The fourth-order valence-corrected chi connectivity index (χ4v) is 2.37. The summed E-state index contributed by atoms with van der Waals surface area (Å²) < 4.78 is 4.92. The van der Waals surface area contributed by atoms with E-state index in [1.54, 1.807) is 31.2 Å². The number of carbonyl (C=O) groups excluding carboxylic acids is 2. The van der Waals surface area contributed by atoms with Crippen molar-refractivity contribution in [1.29, 1.82) is 0 Å². The van der Waals surface area contributed by atoms with Gasteiger partial charge in [0.15, 0.2) is 0 Å². The second-order valence-corrected chi connectivity index (χ2v) is 5.23. The highest BCUT2D eigenvalue weighted by Gasteiger charge is 2.13. The van der Waals surface area contributed by atoms with Crippen molar-refractivity contribution in [3.8, 4) is 0 Å². The molecule has 0 atom stereocenters. The van der Waals surface area contributed by atoms with Crippen LogP contribution in [0.15, 0.2) is 24.3 Å². The Morgan fingerprint density at radius 3 is 2.65 bits per heavy atom. The van der Waals surface area contributed by atoms with Crippen LogP contribution in [-0.2, 0) is 9.53 Å². The summed E-state index contributed by atoms with van der Waals surface area (Å²) in [5, 5.41) is 6.16. The maximum atomic E-state index is 12.0. The third-order valence-electron chi connectivity index (χ3n) is 3.48. The zero-order valence-corrected chi connectivity index (χ0v) is 14.2. The first kappa shape index (κ1) is 19.4. The number of hydrogen-bond donors (Lipinski definition) is 2. The normalized spacial score (nSPS) is 15.2. The molecule has 1 aromatic carbocycles. The summed E-state index contributed by atoms with van der Waals surface area (Å²) in [6.07, 6.45) is 1.06. The van der Waals surface area contributed by atoms with Crippen LogP contribution in [0.4, 0.5) is 5.69 Å². The van der Waals surface area contributed by atoms with Crippen LogP contribution >= 0.6 is 12.4 Å². The van der Waals surface area contributed by atoms with Crippen molar-refractivity contribution in [2.24, 2.45) is 0 Å². The third kappa shape index (κ3) is 6.56. The van der Waals surface area contributed by atoms with Gasteiger partial charge in [-0.2, -0.15) is 0 Å². The van der Waals surface area contributed by atoms with Crippen LogP contribution in [0.3, 0.4) is 0 Å². The van der Waals surface area contributed by atoms with Gasteiger partial charge in [0, 0.05) is 18.8 Å². The molecule has 0 saturated carbocycles. The van der Waals surface area contributed by atoms with Crippen LogP contribution in [-0.4, -0.2) is 56.1 Å². The third-order valence-corrected chi connectivity index (χ3v) is 3.48. The number of ether oxygens (including phenoxy) is 1. The average Bonchev–Trinajstić information content (AvgIpc) is 2.77. The molecule has 0 unspecified atom stereocenters. The molecule has 1 amide bonds. The van der Waals surface area contributed by atoms with Gasteiger partial charge >= 0.3 is 5.97 Å². The molecular formula is C16H24ClN3O3. The van der Waals surface area contributed by atoms with E-state index in [0.717, 1.165) is 32.6 Å². The number of hydrogen-bond acceptors (Lipinski definition) is 5. The van der Waals surface area contributed by atoms with Crippen LogP contribution in [0.25, 0.3) is 0 Å². The maximum absolute atomic E-state index is 12.0. The van der Waals surface area contributed by atoms with E-state index in [1.165, 1.54) is 0 Å². The van der Waals surface area contributed by atoms with E-state index >= 15 is 0 Å². The predicted molar refractivity (Wildman–Crippen MR) is 92.2 cm³/mol. The Labute approximate surface area is 143 Å². The van der Waals surface area contributed by atoms with E-state index in [1.807, 2.05) is 0 Å². The topological polar surface area (TPSA) is 70.7 Å². The van der Waals surface area contributed by atoms with Gasteiger partial charge in [-0.05, 0) is 50.7 Å². The quantitative estimate of drug-likeness (QED) is 0.795. The molecule has 128 valence electrons. The van der Waals surface area contributed by atoms with Crippen LogP contribution in [0.2, 0.25) is 0 Å². The summed E-state index contributed by atoms with van der Waals surface area (Å²) >= 11 is 0. The lowest BCUT2D eigenvalue weighted by molar-refractivity contribution is -0.117. The van der Waals surface area contributed by atoms with Gasteiger partial charge in [-0.25, -0.2) is 4.79 Å². The summed E-state index contributed by atoms with van der Waals surface area (Å²) in [5.74, 6) is -0.386. The Bertz CT molecular complexity index is 500. The van der Waals surface area contributed by atoms with Crippen LogP contribution < -0.4 is 10.6 Å². The Morgan fingerprint density at radius 2 is 1.96 bits per heavy atom. The molecule has 23 heavy (non-hydrogen) atoms. The van der Waals surface area contributed by atoms with Gasteiger partial charge in [0.25, 0.3) is 0 Å². The Morgan fingerprint density at radius 1 is 1.22 bits per heavy atom. The van der Waals surface area contributed by atoms with Crippen molar-refractivity contribution in [3.63, 3.8) is 0 Å². The smallest absolute Gasteiger partial charge is 0.338 e. The number of nitrogens with zero attached hydrogens (tertiary/aromatic N) is 1. The van der Waals surface area contributed by atoms with Crippen molar-refractivity contribution < 1.29 is 14.3 Å². The molecule has 1 heterocycles. The Balaban J connectivity index is 0.00000264. The van der Waals surface area contributed by atoms with E-state index in [9.17, 15) is 9.59 Å². The molecule has 0 bridgehead atoms. The van der Waals surface area contributed by atoms with Gasteiger partial charge in [-0.15, -0.1) is 12.4 Å². The van der Waals surface area contributed by atoms with Crippen molar-refractivity contribution in [3.05, 3.63) is 29.8 Å². The summed E-state index contributed by atoms with van der Waals surface area (Å²) in [7, 11) is 0. The zero-order chi connectivity index (χ0) is 15.8. The highest BCUT2D eigenvalue weighted by molar-refractivity contribution is 5.94. The van der Waals surface area contributed by atoms with Crippen LogP contribution in [0.1, 0.15) is 23.7 Å². The molecule has 0 radical (unpaired) electrons. The number of rotatable bonds is 5. The fraction of sp³-hybridized carbons (Fsp3) is 0.500. The molecule has 1 aromatic rings. The minimum absolute atomic E-state index is 0. The van der Waals surface area contributed by atoms with E-state index in [4.69, 9.17) is 4.74 Å². The lowest BCUT2D eigenvalue weighted by atomic mass is 10.2. The zero-order valence-electron chi connectivity index (χ0n) is 13.3. The van der Waals surface area contributed by atoms with E-state index in [-0.39, 0.29) is 24.3 Å². The van der Waals surface area contributed by atoms with Crippen molar-refractivity contribution in [2.45, 2.75) is 13.3 Å². The van der Waals surface area contributed by atoms with Gasteiger partial charge < -0.3 is 15.4 Å². The second kappa shape index (κ2) is 10.2. The van der Waals surface area contributed by atoms with Crippen molar-refractivity contribution in [1.82, 2.24) is 10.2 Å². The number of esters is 1. The molecule has 1 aliphatic heterocycles. The van der Waals surface area contributed by atoms with Crippen molar-refractivity contribution in [2.75, 3.05) is 44.6 Å². The Kier molecular flexibility index (Phi) is 8.61. The number of nitrogens with one attached hydrogen (secondary N) is 2. The van der Waals surface area contributed by atoms with Gasteiger partial charge in [-0.1, -0.05) is 0 Å². The second-order valence-electron chi connectivity index (χ2n) is 5.23. The molecule has 1 saturated heterocycles. The highest BCUT2D eigenvalue weighted by atomic mass is 35.5. The lowest BCUT2D eigenvalue weighted by Crippen LogP contribution is -2.35. The van der Waals surface area contributed by atoms with Crippen LogP contribution in [0, 0.1) is 0 Å².